The van der Waals surface area contributed by atoms with Crippen LogP contribution in [0.2, 0.25) is 0 Å². The lowest BCUT2D eigenvalue weighted by atomic mass is 10.0. The number of nitrogens with zero attached hydrogens (tertiary/aromatic N) is 5. The molecular formula is C23H27N5O5S. The van der Waals surface area contributed by atoms with Crippen molar-refractivity contribution in [1.29, 1.82) is 0 Å². The van der Waals surface area contributed by atoms with Crippen molar-refractivity contribution in [1.82, 2.24) is 19.1 Å². The van der Waals surface area contributed by atoms with Gasteiger partial charge in [-0.3, -0.25) is 9.48 Å². The number of carbonyl (C=O) groups excluding carboxylic acids is 1. The SMILES string of the molecule is COc1ccc(C2=NN(C(=O)Cn3nc(C)c(S(=O)(=O)N(C)C)c3C)C(c3ccco3)C2)cc1. The third-order valence-corrected chi connectivity index (χ3v) is 7.87. The molecule has 0 fully saturated rings. The van der Waals surface area contributed by atoms with E-state index in [4.69, 9.17) is 9.15 Å². The number of amides is 1. The number of aryl methyl sites for hydroxylation is 1. The van der Waals surface area contributed by atoms with Gasteiger partial charge in [0.1, 0.15) is 29.0 Å². The molecule has 0 radical (unpaired) electrons. The summed E-state index contributed by atoms with van der Waals surface area (Å²) >= 11 is 0. The van der Waals surface area contributed by atoms with Crippen molar-refractivity contribution in [3.63, 3.8) is 0 Å². The number of benzene rings is 1. The molecule has 3 aromatic rings. The van der Waals surface area contributed by atoms with E-state index in [0.29, 0.717) is 23.6 Å². The molecule has 1 aliphatic heterocycles. The number of sulfonamides is 1. The molecule has 0 saturated carbocycles. The Balaban J connectivity index is 1.65. The summed E-state index contributed by atoms with van der Waals surface area (Å²) in [6.07, 6.45) is 2.03. The van der Waals surface area contributed by atoms with Crippen molar-refractivity contribution in [3.8, 4) is 5.75 Å². The molecule has 4 rings (SSSR count). The highest BCUT2D eigenvalue weighted by Crippen LogP contribution is 2.34. The van der Waals surface area contributed by atoms with Gasteiger partial charge >= 0.3 is 0 Å². The van der Waals surface area contributed by atoms with E-state index >= 15 is 0 Å². The molecule has 3 heterocycles. The average Bonchev–Trinajstić information content (AvgIpc) is 3.53. The second kappa shape index (κ2) is 9.07. The van der Waals surface area contributed by atoms with Crippen molar-refractivity contribution in [2.24, 2.45) is 5.10 Å². The Morgan fingerprint density at radius 3 is 2.50 bits per heavy atom. The van der Waals surface area contributed by atoms with Crippen LogP contribution >= 0.6 is 0 Å². The molecule has 11 heteroatoms. The van der Waals surface area contributed by atoms with Crippen LogP contribution in [0.25, 0.3) is 0 Å². The van der Waals surface area contributed by atoms with Gasteiger partial charge in [-0.15, -0.1) is 0 Å². The number of hydrazone groups is 1. The topological polar surface area (TPSA) is 110 Å². The van der Waals surface area contributed by atoms with Crippen LogP contribution in [0.1, 0.15) is 35.2 Å². The van der Waals surface area contributed by atoms with Crippen LogP contribution in [0, 0.1) is 13.8 Å². The lowest BCUT2D eigenvalue weighted by molar-refractivity contribution is -0.134. The number of hydrogen-bond donors (Lipinski definition) is 0. The first-order chi connectivity index (χ1) is 16.1. The standard InChI is InChI=1S/C23H27N5O5S/c1-15-23(34(30,31)26(3)4)16(2)27(24-15)14-22(29)28-20(21-7-6-12-33-21)13-19(25-28)17-8-10-18(32-5)11-9-17/h6-12,20H,13-14H2,1-5H3. The van der Waals surface area contributed by atoms with Gasteiger partial charge in [-0.05, 0) is 55.8 Å². The number of ether oxygens (including phenoxy) is 1. The van der Waals surface area contributed by atoms with Crippen molar-refractivity contribution < 1.29 is 22.4 Å². The normalized spacial score (nSPS) is 16.2. The summed E-state index contributed by atoms with van der Waals surface area (Å²) < 4.78 is 38.8. The molecule has 2 aromatic heterocycles. The number of rotatable bonds is 7. The third-order valence-electron chi connectivity index (χ3n) is 5.80. The predicted molar refractivity (Wildman–Crippen MR) is 125 cm³/mol. The number of methoxy groups -OCH3 is 1. The molecule has 1 aliphatic rings. The highest BCUT2D eigenvalue weighted by atomic mass is 32.2. The Labute approximate surface area is 198 Å². The van der Waals surface area contributed by atoms with Crippen LogP contribution in [0.5, 0.6) is 5.75 Å². The first-order valence-corrected chi connectivity index (χ1v) is 12.1. The Bertz CT molecular complexity index is 1320. The number of hydrogen-bond acceptors (Lipinski definition) is 7. The van der Waals surface area contributed by atoms with Gasteiger partial charge in [-0.1, -0.05) is 0 Å². The smallest absolute Gasteiger partial charge is 0.265 e. The number of carbonyl (C=O) groups is 1. The molecule has 180 valence electrons. The molecule has 0 spiro atoms. The van der Waals surface area contributed by atoms with Gasteiger partial charge < -0.3 is 9.15 Å². The fourth-order valence-electron chi connectivity index (χ4n) is 3.99. The average molecular weight is 486 g/mol. The van der Waals surface area contributed by atoms with Gasteiger partial charge in [0, 0.05) is 20.5 Å². The second-order valence-corrected chi connectivity index (χ2v) is 10.3. The van der Waals surface area contributed by atoms with Crippen LogP contribution in [-0.2, 0) is 21.4 Å². The molecule has 0 bridgehead atoms. The predicted octanol–water partition coefficient (Wildman–Crippen LogP) is 2.73. The van der Waals surface area contributed by atoms with Crippen LogP contribution in [0.3, 0.4) is 0 Å². The lowest BCUT2D eigenvalue weighted by Gasteiger charge is -2.20. The fourth-order valence-corrected chi connectivity index (χ4v) is 5.25. The van der Waals surface area contributed by atoms with E-state index in [-0.39, 0.29) is 17.3 Å². The maximum Gasteiger partial charge on any atom is 0.265 e. The van der Waals surface area contributed by atoms with Gasteiger partial charge in [0.2, 0.25) is 10.0 Å². The summed E-state index contributed by atoms with van der Waals surface area (Å²) in [6, 6.07) is 10.6. The van der Waals surface area contributed by atoms with E-state index in [2.05, 4.69) is 10.2 Å². The minimum Gasteiger partial charge on any atom is -0.497 e. The second-order valence-electron chi connectivity index (χ2n) is 8.19. The first-order valence-electron chi connectivity index (χ1n) is 10.7. The van der Waals surface area contributed by atoms with Gasteiger partial charge in [0.05, 0.1) is 30.5 Å². The minimum atomic E-state index is -3.70. The fraction of sp³-hybridized carbons (Fsp3) is 0.348. The number of furan rings is 1. The monoisotopic (exact) mass is 485 g/mol. The summed E-state index contributed by atoms with van der Waals surface area (Å²) in [4.78, 5) is 13.5. The third kappa shape index (κ3) is 4.24. The zero-order valence-electron chi connectivity index (χ0n) is 19.7. The number of aromatic nitrogens is 2. The molecule has 0 saturated heterocycles. The Hall–Kier alpha value is -3.44. The summed E-state index contributed by atoms with van der Waals surface area (Å²) in [5, 5.41) is 10.3. The van der Waals surface area contributed by atoms with E-state index in [1.807, 2.05) is 30.3 Å². The molecular weight excluding hydrogens is 458 g/mol. The van der Waals surface area contributed by atoms with Crippen LogP contribution < -0.4 is 4.74 Å². The molecule has 0 N–H and O–H groups in total. The van der Waals surface area contributed by atoms with Gasteiger partial charge in [0.25, 0.3) is 5.91 Å². The highest BCUT2D eigenvalue weighted by molar-refractivity contribution is 7.89. The zero-order chi connectivity index (χ0) is 24.6. The van der Waals surface area contributed by atoms with Crippen molar-refractivity contribution >= 4 is 21.6 Å². The Morgan fingerprint density at radius 1 is 1.21 bits per heavy atom. The van der Waals surface area contributed by atoms with Gasteiger partial charge in [0.15, 0.2) is 0 Å². The maximum absolute atomic E-state index is 13.4. The first kappa shape index (κ1) is 23.7. The van der Waals surface area contributed by atoms with Gasteiger partial charge in [-0.25, -0.2) is 17.7 Å². The van der Waals surface area contributed by atoms with Crippen LogP contribution in [0.4, 0.5) is 0 Å². The minimum absolute atomic E-state index is 0.108. The molecule has 10 nitrogen and oxygen atoms in total. The molecule has 1 unspecified atom stereocenters. The molecule has 1 atom stereocenters. The summed E-state index contributed by atoms with van der Waals surface area (Å²) in [5.74, 6) is 1.01. The van der Waals surface area contributed by atoms with Crippen molar-refractivity contribution in [2.75, 3.05) is 21.2 Å². The van der Waals surface area contributed by atoms with Crippen LogP contribution in [-0.4, -0.2) is 60.3 Å². The van der Waals surface area contributed by atoms with E-state index < -0.39 is 16.1 Å². The van der Waals surface area contributed by atoms with Crippen LogP contribution in [0.15, 0.2) is 57.1 Å². The van der Waals surface area contributed by atoms with E-state index in [1.165, 1.54) is 23.8 Å². The Kier molecular flexibility index (Phi) is 6.32. The summed E-state index contributed by atoms with van der Waals surface area (Å²) in [5.41, 5.74) is 2.35. The maximum atomic E-state index is 13.4. The quantitative estimate of drug-likeness (QED) is 0.509. The molecule has 1 aromatic carbocycles. The summed E-state index contributed by atoms with van der Waals surface area (Å²) in [7, 11) is 0.829. The molecule has 1 amide bonds. The van der Waals surface area contributed by atoms with Gasteiger partial charge in [-0.2, -0.15) is 10.2 Å². The molecule has 34 heavy (non-hydrogen) atoms. The van der Waals surface area contributed by atoms with E-state index in [0.717, 1.165) is 21.3 Å². The zero-order valence-corrected chi connectivity index (χ0v) is 20.5. The van der Waals surface area contributed by atoms with Crippen molar-refractivity contribution in [3.05, 3.63) is 65.4 Å². The van der Waals surface area contributed by atoms with E-state index in [1.54, 1.807) is 33.3 Å². The Morgan fingerprint density at radius 2 is 1.91 bits per heavy atom. The lowest BCUT2D eigenvalue weighted by Crippen LogP contribution is -2.31. The largest absolute Gasteiger partial charge is 0.497 e. The van der Waals surface area contributed by atoms with Crippen molar-refractivity contribution in [2.45, 2.75) is 37.8 Å². The molecule has 0 aliphatic carbocycles. The highest BCUT2D eigenvalue weighted by Gasteiger charge is 2.36. The summed E-state index contributed by atoms with van der Waals surface area (Å²) in [6.45, 7) is 3.10. The van der Waals surface area contributed by atoms with E-state index in [9.17, 15) is 13.2 Å².